The van der Waals surface area contributed by atoms with Crippen molar-refractivity contribution in [3.63, 3.8) is 0 Å². The van der Waals surface area contributed by atoms with Crippen molar-refractivity contribution in [3.05, 3.63) is 88.4 Å². The quantitative estimate of drug-likeness (QED) is 0.395. The summed E-state index contributed by atoms with van der Waals surface area (Å²) in [5, 5.41) is 15.0. The Morgan fingerprint density at radius 1 is 0.939 bits per heavy atom. The fourth-order valence-electron chi connectivity index (χ4n) is 4.34. The van der Waals surface area contributed by atoms with E-state index >= 15 is 0 Å². The van der Waals surface area contributed by atoms with Gasteiger partial charge in [-0.1, -0.05) is 42.5 Å². The predicted octanol–water partition coefficient (Wildman–Crippen LogP) is 4.12. The van der Waals surface area contributed by atoms with Gasteiger partial charge in [0.05, 0.1) is 13.7 Å². The molecule has 0 N–H and O–H groups in total. The monoisotopic (exact) mass is 482 g/mol. The van der Waals surface area contributed by atoms with E-state index in [1.54, 1.807) is 18.4 Å². The van der Waals surface area contributed by atoms with Crippen molar-refractivity contribution in [2.75, 3.05) is 38.2 Å². The molecule has 1 saturated heterocycles. The number of ether oxygens (including phenoxy) is 1. The minimum Gasteiger partial charge on any atom is -0.496 e. The van der Waals surface area contributed by atoms with Crippen molar-refractivity contribution < 1.29 is 4.74 Å². The third-order valence-electron chi connectivity index (χ3n) is 5.92. The molecule has 3 heterocycles. The molecule has 0 saturated carbocycles. The van der Waals surface area contributed by atoms with Gasteiger partial charge in [0.1, 0.15) is 11.8 Å². The molecule has 9 heteroatoms. The minimum absolute atomic E-state index is 0. The summed E-state index contributed by atoms with van der Waals surface area (Å²) in [5.41, 5.74) is 2.36. The molecule has 2 aromatic carbocycles. The third kappa shape index (κ3) is 5.03. The number of methoxy groups -OCH3 is 1. The summed E-state index contributed by atoms with van der Waals surface area (Å²) in [5.74, 6) is 1.70. The molecular weight excluding hydrogens is 456 g/mol. The molecule has 1 aliphatic rings. The van der Waals surface area contributed by atoms with Gasteiger partial charge in [-0.25, -0.2) is 4.68 Å². The Hall–Kier alpha value is -2.94. The summed E-state index contributed by atoms with van der Waals surface area (Å²) >= 11 is 1.72. The molecule has 0 bridgehead atoms. The highest BCUT2D eigenvalue weighted by molar-refractivity contribution is 7.09. The van der Waals surface area contributed by atoms with Crippen molar-refractivity contribution >= 4 is 29.4 Å². The number of hydrogen-bond acceptors (Lipinski definition) is 7. The molecule has 1 unspecified atom stereocenters. The zero-order chi connectivity index (χ0) is 21.8. The van der Waals surface area contributed by atoms with E-state index in [-0.39, 0.29) is 18.4 Å². The van der Waals surface area contributed by atoms with Crippen LogP contribution in [-0.4, -0.2) is 58.4 Å². The third-order valence-corrected chi connectivity index (χ3v) is 6.79. The van der Waals surface area contributed by atoms with Crippen LogP contribution in [0.3, 0.4) is 0 Å². The molecule has 172 valence electrons. The maximum atomic E-state index is 5.74. The van der Waals surface area contributed by atoms with E-state index in [1.165, 1.54) is 10.6 Å². The fourth-order valence-corrected chi connectivity index (χ4v) is 5.02. The Morgan fingerprint density at radius 2 is 1.70 bits per heavy atom. The molecule has 4 aromatic rings. The average Bonchev–Trinajstić information content (AvgIpc) is 3.54. The van der Waals surface area contributed by atoms with Gasteiger partial charge in [0.2, 0.25) is 0 Å². The molecule has 1 fully saturated rings. The highest BCUT2D eigenvalue weighted by Gasteiger charge is 2.32. The number of nitrogens with zero attached hydrogens (tertiary/aromatic N) is 6. The van der Waals surface area contributed by atoms with Gasteiger partial charge < -0.3 is 9.64 Å². The van der Waals surface area contributed by atoms with Gasteiger partial charge in [0, 0.05) is 42.3 Å². The molecule has 1 aliphatic heterocycles. The molecule has 0 amide bonds. The van der Waals surface area contributed by atoms with E-state index in [4.69, 9.17) is 4.74 Å². The lowest BCUT2D eigenvalue weighted by atomic mass is 10.0. The van der Waals surface area contributed by atoms with Crippen molar-refractivity contribution in [2.24, 2.45) is 0 Å². The normalized spacial score (nSPS) is 15.1. The number of anilines is 1. The predicted molar refractivity (Wildman–Crippen MR) is 134 cm³/mol. The van der Waals surface area contributed by atoms with Crippen LogP contribution >= 0.6 is 23.7 Å². The van der Waals surface area contributed by atoms with Crippen LogP contribution in [0.25, 0.3) is 0 Å². The topological polar surface area (TPSA) is 59.3 Å². The average molecular weight is 483 g/mol. The minimum atomic E-state index is -0.0842. The number of thiophene rings is 1. The van der Waals surface area contributed by atoms with Crippen LogP contribution in [0.15, 0.2) is 72.1 Å². The summed E-state index contributed by atoms with van der Waals surface area (Å²) < 4.78 is 7.66. The summed E-state index contributed by atoms with van der Waals surface area (Å²) in [7, 11) is 1.72. The van der Waals surface area contributed by atoms with Crippen LogP contribution in [0, 0.1) is 0 Å². The lowest BCUT2D eigenvalue weighted by Gasteiger charge is -2.40. The number of halogens is 1. The van der Waals surface area contributed by atoms with Crippen molar-refractivity contribution in [2.45, 2.75) is 12.6 Å². The lowest BCUT2D eigenvalue weighted by molar-refractivity contribution is 0.198. The zero-order valence-corrected chi connectivity index (χ0v) is 20.1. The standard InChI is InChI=1S/C24H26N6OS.ClH/c1-31-22-12-6-5-11-21(22)23(24-25-26-27-30(24)18-20-10-7-17-32-20)29-15-13-28(14-16-29)19-8-3-2-4-9-19;/h2-12,17,23H,13-16,18H2,1H3;1H. The van der Waals surface area contributed by atoms with E-state index in [0.29, 0.717) is 6.54 Å². The van der Waals surface area contributed by atoms with Crippen LogP contribution < -0.4 is 9.64 Å². The number of hydrogen-bond donors (Lipinski definition) is 0. The van der Waals surface area contributed by atoms with E-state index in [9.17, 15) is 0 Å². The van der Waals surface area contributed by atoms with Crippen LogP contribution in [0.5, 0.6) is 5.75 Å². The molecule has 33 heavy (non-hydrogen) atoms. The van der Waals surface area contributed by atoms with Gasteiger partial charge in [-0.3, -0.25) is 4.90 Å². The SMILES string of the molecule is COc1ccccc1C(c1nnnn1Cc1cccs1)N1CCN(c2ccccc2)CC1.Cl. The Labute approximate surface area is 204 Å². The van der Waals surface area contributed by atoms with Gasteiger partial charge in [-0.2, -0.15) is 0 Å². The summed E-state index contributed by atoms with van der Waals surface area (Å²) in [6.45, 7) is 4.37. The number of piperazine rings is 1. The molecule has 1 atom stereocenters. The Morgan fingerprint density at radius 3 is 2.42 bits per heavy atom. The first-order valence-corrected chi connectivity index (χ1v) is 11.7. The van der Waals surface area contributed by atoms with Crippen molar-refractivity contribution in [3.8, 4) is 5.75 Å². The second-order valence-electron chi connectivity index (χ2n) is 7.78. The lowest BCUT2D eigenvalue weighted by Crippen LogP contribution is -2.48. The molecule has 7 nitrogen and oxygen atoms in total. The number of aromatic nitrogens is 4. The van der Waals surface area contributed by atoms with Gasteiger partial charge in [0.15, 0.2) is 5.82 Å². The summed E-state index contributed by atoms with van der Waals surface area (Å²) in [6, 6.07) is 22.9. The molecule has 5 rings (SSSR count). The Balaban J connectivity index is 0.00000259. The number of para-hydroxylation sites is 2. The van der Waals surface area contributed by atoms with Gasteiger partial charge in [-0.05, 0) is 40.1 Å². The van der Waals surface area contributed by atoms with Gasteiger partial charge in [0.25, 0.3) is 0 Å². The number of tetrazole rings is 1. The van der Waals surface area contributed by atoms with Crippen molar-refractivity contribution in [1.82, 2.24) is 25.1 Å². The van der Waals surface area contributed by atoms with Crippen molar-refractivity contribution in [1.29, 1.82) is 0 Å². The second kappa shape index (κ2) is 10.8. The highest BCUT2D eigenvalue weighted by Crippen LogP contribution is 2.34. The maximum absolute atomic E-state index is 5.74. The van der Waals surface area contributed by atoms with Gasteiger partial charge in [-0.15, -0.1) is 28.8 Å². The first kappa shape index (κ1) is 23.2. The molecular formula is C24H27ClN6OS. The van der Waals surface area contributed by atoms with E-state index in [0.717, 1.165) is 43.3 Å². The van der Waals surface area contributed by atoms with Crippen LogP contribution in [-0.2, 0) is 6.54 Å². The number of benzene rings is 2. The van der Waals surface area contributed by atoms with E-state index < -0.39 is 0 Å². The van der Waals surface area contributed by atoms with E-state index in [2.05, 4.69) is 85.3 Å². The summed E-state index contributed by atoms with van der Waals surface area (Å²) in [6.07, 6.45) is 0. The zero-order valence-electron chi connectivity index (χ0n) is 18.4. The number of rotatable bonds is 7. The highest BCUT2D eigenvalue weighted by atomic mass is 35.5. The fraction of sp³-hybridized carbons (Fsp3) is 0.292. The Bertz CT molecular complexity index is 1130. The maximum Gasteiger partial charge on any atom is 0.173 e. The first-order valence-electron chi connectivity index (χ1n) is 10.8. The second-order valence-corrected chi connectivity index (χ2v) is 8.81. The largest absolute Gasteiger partial charge is 0.496 e. The van der Waals surface area contributed by atoms with Gasteiger partial charge >= 0.3 is 0 Å². The Kier molecular flexibility index (Phi) is 7.59. The van der Waals surface area contributed by atoms with Crippen LogP contribution in [0.4, 0.5) is 5.69 Å². The molecule has 0 aliphatic carbocycles. The smallest absolute Gasteiger partial charge is 0.173 e. The molecule has 0 radical (unpaired) electrons. The molecule has 2 aromatic heterocycles. The van der Waals surface area contributed by atoms with E-state index in [1.807, 2.05) is 16.8 Å². The first-order chi connectivity index (χ1) is 15.8. The molecule has 0 spiro atoms. The van der Waals surface area contributed by atoms with Crippen LogP contribution in [0.2, 0.25) is 0 Å². The van der Waals surface area contributed by atoms with Crippen LogP contribution in [0.1, 0.15) is 22.3 Å². The summed E-state index contributed by atoms with van der Waals surface area (Å²) in [4.78, 5) is 6.13.